The highest BCUT2D eigenvalue weighted by Crippen LogP contribution is 2.29. The molecule has 0 bridgehead atoms. The minimum Gasteiger partial charge on any atom is -0.382 e. The topological polar surface area (TPSA) is 181 Å². The van der Waals surface area contributed by atoms with E-state index in [1.54, 1.807) is 11.9 Å². The third-order valence-electron chi connectivity index (χ3n) is 6.17. The number of aliphatic imine (C=N–C) groups is 1. The number of amides is 2. The number of hydrogen-bond donors (Lipinski definition) is 5. The van der Waals surface area contributed by atoms with Crippen molar-refractivity contribution in [3.8, 4) is 0 Å². The molecule has 0 atom stereocenters. The molecule has 2 aliphatic rings. The van der Waals surface area contributed by atoms with Gasteiger partial charge in [0.15, 0.2) is 28.4 Å². The Balaban J connectivity index is 1.40. The number of benzene rings is 1. The Morgan fingerprint density at radius 2 is 1.89 bits per heavy atom. The van der Waals surface area contributed by atoms with Crippen molar-refractivity contribution < 1.29 is 9.59 Å². The van der Waals surface area contributed by atoms with Crippen LogP contribution in [0.2, 0.25) is 5.15 Å². The van der Waals surface area contributed by atoms with Crippen LogP contribution in [0.3, 0.4) is 0 Å². The van der Waals surface area contributed by atoms with Gasteiger partial charge in [0.05, 0.1) is 11.2 Å². The van der Waals surface area contributed by atoms with Gasteiger partial charge in [-0.1, -0.05) is 36.4 Å². The van der Waals surface area contributed by atoms with E-state index in [0.29, 0.717) is 49.6 Å². The summed E-state index contributed by atoms with van der Waals surface area (Å²) < 4.78 is 0. The zero-order valence-electron chi connectivity index (χ0n) is 19.2. The lowest BCUT2D eigenvalue weighted by Gasteiger charge is -2.39. The van der Waals surface area contributed by atoms with E-state index in [1.807, 2.05) is 24.3 Å². The van der Waals surface area contributed by atoms with Crippen LogP contribution in [0.4, 0.5) is 17.3 Å². The predicted molar refractivity (Wildman–Crippen MR) is 135 cm³/mol. The van der Waals surface area contributed by atoms with Crippen molar-refractivity contribution >= 4 is 52.3 Å². The summed E-state index contributed by atoms with van der Waals surface area (Å²) in [5, 5.41) is 7.74. The molecule has 184 valence electrons. The SMILES string of the molecule is C=C(C(=O)N1CCC2(CC1)CN/C(=N\C(=O)c1nc(Cl)c(N)nc1N)N2)c1ccccc1N(C)N. The number of carbonyl (C=O) groups is 2. The highest BCUT2D eigenvalue weighted by Gasteiger charge is 2.41. The number of nitrogens with one attached hydrogen (secondary N) is 2. The standard InChI is InChI=1S/C22H27ClN10O2/c1-12(13-5-3-4-6-14(13)32(2)26)20(35)33-9-7-22(8-10-33)11-27-21(31-22)30-19(34)15-17(24)29-18(25)16(23)28-15/h3-6H,1,7-11,26H2,2H3,(H4,24,25,29)(H2,27,30,31,34). The number of nitrogens with two attached hydrogens (primary N) is 3. The zero-order valence-corrected chi connectivity index (χ0v) is 20.0. The van der Waals surface area contributed by atoms with Gasteiger partial charge in [0.2, 0.25) is 0 Å². The molecular weight excluding hydrogens is 472 g/mol. The Kier molecular flexibility index (Phi) is 6.50. The molecule has 0 aliphatic carbocycles. The van der Waals surface area contributed by atoms with E-state index in [2.05, 4.69) is 32.2 Å². The summed E-state index contributed by atoms with van der Waals surface area (Å²) in [5.41, 5.74) is 12.6. The molecule has 2 fully saturated rings. The Morgan fingerprint density at radius 3 is 2.57 bits per heavy atom. The highest BCUT2D eigenvalue weighted by molar-refractivity contribution is 6.31. The van der Waals surface area contributed by atoms with Gasteiger partial charge in [-0.05, 0) is 18.9 Å². The van der Waals surface area contributed by atoms with Crippen molar-refractivity contribution in [2.24, 2.45) is 10.8 Å². The van der Waals surface area contributed by atoms with Gasteiger partial charge in [0.25, 0.3) is 5.91 Å². The molecule has 1 aromatic carbocycles. The summed E-state index contributed by atoms with van der Waals surface area (Å²) in [6.45, 7) is 5.60. The van der Waals surface area contributed by atoms with Crippen LogP contribution in [0, 0.1) is 0 Å². The van der Waals surface area contributed by atoms with E-state index >= 15 is 0 Å². The first-order chi connectivity index (χ1) is 16.6. The summed E-state index contributed by atoms with van der Waals surface area (Å²) in [5.74, 6) is 5.16. The van der Waals surface area contributed by atoms with E-state index < -0.39 is 5.91 Å². The smallest absolute Gasteiger partial charge is 0.302 e. The van der Waals surface area contributed by atoms with Crippen molar-refractivity contribution in [1.82, 2.24) is 25.5 Å². The number of piperidine rings is 1. The fourth-order valence-electron chi connectivity index (χ4n) is 4.20. The summed E-state index contributed by atoms with van der Waals surface area (Å²) in [7, 11) is 1.71. The van der Waals surface area contributed by atoms with Crippen molar-refractivity contribution in [3.63, 3.8) is 0 Å². The van der Waals surface area contributed by atoms with Crippen molar-refractivity contribution in [2.45, 2.75) is 18.4 Å². The predicted octanol–water partition coefficient (Wildman–Crippen LogP) is 0.368. The third-order valence-corrected chi connectivity index (χ3v) is 6.45. The summed E-state index contributed by atoms with van der Waals surface area (Å²) in [4.78, 5) is 39.2. The van der Waals surface area contributed by atoms with Crippen LogP contribution in [-0.4, -0.2) is 64.9 Å². The molecule has 0 unspecified atom stereocenters. The molecule has 1 aromatic heterocycles. The van der Waals surface area contributed by atoms with E-state index in [9.17, 15) is 9.59 Å². The minimum atomic E-state index is -0.698. The Morgan fingerprint density at radius 1 is 1.20 bits per heavy atom. The molecule has 3 heterocycles. The maximum atomic E-state index is 13.1. The van der Waals surface area contributed by atoms with Crippen LogP contribution in [0.15, 0.2) is 35.8 Å². The van der Waals surface area contributed by atoms with Gasteiger partial charge in [-0.2, -0.15) is 4.99 Å². The van der Waals surface area contributed by atoms with Crippen molar-refractivity contribution in [2.75, 3.05) is 43.2 Å². The normalized spacial score (nSPS) is 17.7. The molecule has 2 saturated heterocycles. The molecule has 2 aromatic rings. The number of anilines is 3. The number of para-hydroxylation sites is 1. The van der Waals surface area contributed by atoms with Crippen LogP contribution in [0.1, 0.15) is 28.9 Å². The molecule has 8 N–H and O–H groups in total. The van der Waals surface area contributed by atoms with E-state index in [4.69, 9.17) is 28.9 Å². The zero-order chi connectivity index (χ0) is 25.3. The average Bonchev–Trinajstić information content (AvgIpc) is 3.22. The van der Waals surface area contributed by atoms with Gasteiger partial charge in [0.1, 0.15) is 0 Å². The summed E-state index contributed by atoms with van der Waals surface area (Å²) >= 11 is 5.85. The number of hydrazine groups is 1. The number of carbonyl (C=O) groups excluding carboxylic acids is 2. The first kappa shape index (κ1) is 24.2. The molecule has 1 spiro atoms. The second kappa shape index (κ2) is 9.39. The quantitative estimate of drug-likeness (QED) is 0.224. The molecule has 13 heteroatoms. The fraction of sp³-hybridized carbons (Fsp3) is 0.318. The van der Waals surface area contributed by atoms with Gasteiger partial charge in [0, 0.05) is 37.8 Å². The summed E-state index contributed by atoms with van der Waals surface area (Å²) in [6, 6.07) is 7.38. The average molecular weight is 499 g/mol. The Hall–Kier alpha value is -3.90. The number of halogens is 1. The summed E-state index contributed by atoms with van der Waals surface area (Å²) in [6.07, 6.45) is 1.31. The van der Waals surface area contributed by atoms with E-state index in [0.717, 1.165) is 5.69 Å². The van der Waals surface area contributed by atoms with Crippen LogP contribution in [0.5, 0.6) is 0 Å². The number of nitrogens with zero attached hydrogens (tertiary/aromatic N) is 5. The van der Waals surface area contributed by atoms with Crippen LogP contribution >= 0.6 is 11.6 Å². The maximum absolute atomic E-state index is 13.1. The molecule has 2 aliphatic heterocycles. The molecule has 0 radical (unpaired) electrons. The number of guanidine groups is 1. The second-order valence-electron chi connectivity index (χ2n) is 8.56. The minimum absolute atomic E-state index is 0.0630. The second-order valence-corrected chi connectivity index (χ2v) is 8.91. The van der Waals surface area contributed by atoms with Gasteiger partial charge in [-0.15, -0.1) is 0 Å². The largest absolute Gasteiger partial charge is 0.382 e. The number of hydrogen-bond acceptors (Lipinski definition) is 8. The molecular formula is C22H27ClN10O2. The fourth-order valence-corrected chi connectivity index (χ4v) is 4.32. The molecule has 0 saturated carbocycles. The lowest BCUT2D eigenvalue weighted by Crippen LogP contribution is -2.53. The molecule has 2 amide bonds. The first-order valence-electron chi connectivity index (χ1n) is 10.9. The molecule has 12 nitrogen and oxygen atoms in total. The van der Waals surface area contributed by atoms with E-state index in [1.165, 1.54) is 5.01 Å². The molecule has 4 rings (SSSR count). The van der Waals surface area contributed by atoms with Gasteiger partial charge in [-0.3, -0.25) is 9.59 Å². The highest BCUT2D eigenvalue weighted by atomic mass is 35.5. The number of rotatable bonds is 4. The van der Waals surface area contributed by atoms with Crippen molar-refractivity contribution in [3.05, 3.63) is 47.3 Å². The van der Waals surface area contributed by atoms with Crippen LogP contribution in [0.25, 0.3) is 5.57 Å². The Labute approximate surface area is 207 Å². The van der Waals surface area contributed by atoms with Gasteiger partial charge in [-0.25, -0.2) is 15.8 Å². The van der Waals surface area contributed by atoms with Crippen LogP contribution < -0.4 is 33.0 Å². The lowest BCUT2D eigenvalue weighted by atomic mass is 9.88. The number of nitrogen functional groups attached to an aromatic ring is 2. The lowest BCUT2D eigenvalue weighted by molar-refractivity contribution is -0.126. The van der Waals surface area contributed by atoms with E-state index in [-0.39, 0.29) is 33.9 Å². The van der Waals surface area contributed by atoms with Crippen molar-refractivity contribution in [1.29, 1.82) is 0 Å². The maximum Gasteiger partial charge on any atom is 0.302 e. The monoisotopic (exact) mass is 498 g/mol. The van der Waals surface area contributed by atoms with Gasteiger partial charge < -0.3 is 32.0 Å². The third kappa shape index (κ3) is 4.84. The number of likely N-dealkylation sites (tertiary alicyclic amines) is 1. The van der Waals surface area contributed by atoms with Gasteiger partial charge >= 0.3 is 5.91 Å². The first-order valence-corrected chi connectivity index (χ1v) is 11.3. The molecule has 35 heavy (non-hydrogen) atoms. The number of aromatic nitrogens is 2. The Bertz CT molecular complexity index is 1220. The van der Waals surface area contributed by atoms with Crippen LogP contribution in [-0.2, 0) is 4.79 Å².